The second-order valence-corrected chi connectivity index (χ2v) is 8.65. The molecule has 0 radical (unpaired) electrons. The standard InChI is InChI=1S/C19H20BrN3O5S/c1-2-3-10-23-16-7-6-14(29(21,25)26)11-15(16)22-18(23)12-27-19(24)9-5-13-4-8-17(20)28-13/h4-9,11H,2-3,10,12H2,1H3,(H2,21,25,26). The van der Waals surface area contributed by atoms with Gasteiger partial charge in [0.05, 0.1) is 15.9 Å². The Balaban J connectivity index is 1.81. The van der Waals surface area contributed by atoms with E-state index in [0.717, 1.165) is 18.4 Å². The molecule has 29 heavy (non-hydrogen) atoms. The number of carbonyl (C=O) groups excluding carboxylic acids is 1. The first-order valence-electron chi connectivity index (χ1n) is 8.90. The van der Waals surface area contributed by atoms with E-state index >= 15 is 0 Å². The van der Waals surface area contributed by atoms with Gasteiger partial charge < -0.3 is 13.7 Å². The number of nitrogens with two attached hydrogens (primary N) is 1. The van der Waals surface area contributed by atoms with E-state index in [-0.39, 0.29) is 11.5 Å². The maximum absolute atomic E-state index is 12.0. The SMILES string of the molecule is CCCCn1c(COC(=O)C=Cc2ccc(Br)o2)nc2cc(S(N)(=O)=O)ccc21. The van der Waals surface area contributed by atoms with E-state index in [2.05, 4.69) is 27.8 Å². The predicted molar refractivity (Wildman–Crippen MR) is 111 cm³/mol. The summed E-state index contributed by atoms with van der Waals surface area (Å²) in [6.07, 6.45) is 4.64. The van der Waals surface area contributed by atoms with Gasteiger partial charge in [-0.25, -0.2) is 23.3 Å². The van der Waals surface area contributed by atoms with E-state index in [4.69, 9.17) is 14.3 Å². The molecular formula is C19H20BrN3O5S. The summed E-state index contributed by atoms with van der Waals surface area (Å²) < 4.78 is 36.3. The van der Waals surface area contributed by atoms with Gasteiger partial charge in [0.15, 0.2) is 4.67 Å². The number of aryl methyl sites for hydroxylation is 1. The number of hydrogen-bond acceptors (Lipinski definition) is 6. The Bertz CT molecular complexity index is 1160. The van der Waals surface area contributed by atoms with Crippen LogP contribution in [0.4, 0.5) is 0 Å². The first kappa shape index (κ1) is 21.3. The highest BCUT2D eigenvalue weighted by atomic mass is 79.9. The fourth-order valence-corrected chi connectivity index (χ4v) is 3.62. The van der Waals surface area contributed by atoms with Crippen molar-refractivity contribution in [2.45, 2.75) is 37.8 Å². The molecule has 0 saturated carbocycles. The largest absolute Gasteiger partial charge is 0.454 e. The Kier molecular flexibility index (Phi) is 6.56. The average molecular weight is 482 g/mol. The van der Waals surface area contributed by atoms with Crippen LogP contribution in [-0.4, -0.2) is 23.9 Å². The third-order valence-corrected chi connectivity index (χ3v) is 5.52. The number of benzene rings is 1. The van der Waals surface area contributed by atoms with E-state index in [1.54, 1.807) is 18.2 Å². The number of aromatic nitrogens is 2. The van der Waals surface area contributed by atoms with Crippen molar-refractivity contribution >= 4 is 49.0 Å². The minimum Gasteiger partial charge on any atom is -0.454 e. The lowest BCUT2D eigenvalue weighted by Crippen LogP contribution is -2.11. The molecule has 2 aromatic heterocycles. The number of fused-ring (bicyclic) bond motifs is 1. The lowest BCUT2D eigenvalue weighted by Gasteiger charge is -2.08. The molecule has 0 aliphatic heterocycles. The van der Waals surface area contributed by atoms with Crippen molar-refractivity contribution in [3.05, 3.63) is 52.7 Å². The number of halogens is 1. The molecule has 0 saturated heterocycles. The van der Waals surface area contributed by atoms with Gasteiger partial charge in [-0.3, -0.25) is 0 Å². The lowest BCUT2D eigenvalue weighted by atomic mass is 10.3. The summed E-state index contributed by atoms with van der Waals surface area (Å²) in [7, 11) is -3.83. The number of imidazole rings is 1. The monoisotopic (exact) mass is 481 g/mol. The minimum atomic E-state index is -3.83. The van der Waals surface area contributed by atoms with Crippen LogP contribution in [0.3, 0.4) is 0 Å². The van der Waals surface area contributed by atoms with Crippen molar-refractivity contribution in [1.29, 1.82) is 0 Å². The number of unbranched alkanes of at least 4 members (excludes halogenated alkanes) is 1. The molecule has 2 heterocycles. The van der Waals surface area contributed by atoms with Crippen LogP contribution < -0.4 is 5.14 Å². The highest BCUT2D eigenvalue weighted by molar-refractivity contribution is 9.10. The molecule has 8 nitrogen and oxygen atoms in total. The number of rotatable bonds is 8. The van der Waals surface area contributed by atoms with Crippen molar-refractivity contribution in [3.8, 4) is 0 Å². The van der Waals surface area contributed by atoms with Crippen molar-refractivity contribution < 1.29 is 22.4 Å². The summed E-state index contributed by atoms with van der Waals surface area (Å²) in [4.78, 5) is 16.5. The normalized spacial score (nSPS) is 12.1. The molecule has 0 fully saturated rings. The topological polar surface area (TPSA) is 117 Å². The first-order chi connectivity index (χ1) is 13.8. The third-order valence-electron chi connectivity index (χ3n) is 4.18. The summed E-state index contributed by atoms with van der Waals surface area (Å²) in [5, 5.41) is 5.20. The van der Waals surface area contributed by atoms with Gasteiger partial charge in [-0.2, -0.15) is 0 Å². The maximum Gasteiger partial charge on any atom is 0.331 e. The van der Waals surface area contributed by atoms with Gasteiger partial charge in [-0.15, -0.1) is 0 Å². The molecule has 0 spiro atoms. The van der Waals surface area contributed by atoms with Gasteiger partial charge in [-0.05, 0) is 58.8 Å². The van der Waals surface area contributed by atoms with E-state index in [1.807, 2.05) is 4.57 Å². The van der Waals surface area contributed by atoms with Crippen LogP contribution in [0.5, 0.6) is 0 Å². The number of esters is 1. The molecule has 0 bridgehead atoms. The molecule has 0 amide bonds. The lowest BCUT2D eigenvalue weighted by molar-refractivity contribution is -0.139. The van der Waals surface area contributed by atoms with Gasteiger partial charge >= 0.3 is 5.97 Å². The van der Waals surface area contributed by atoms with E-state index < -0.39 is 16.0 Å². The zero-order chi connectivity index (χ0) is 21.0. The molecule has 2 N–H and O–H groups in total. The van der Waals surface area contributed by atoms with Crippen LogP contribution in [0.15, 0.2) is 50.4 Å². The van der Waals surface area contributed by atoms with Gasteiger partial charge in [0.25, 0.3) is 0 Å². The Morgan fingerprint density at radius 1 is 1.34 bits per heavy atom. The summed E-state index contributed by atoms with van der Waals surface area (Å²) in [5.41, 5.74) is 1.24. The average Bonchev–Trinajstić information content (AvgIpc) is 3.24. The van der Waals surface area contributed by atoms with E-state index in [9.17, 15) is 13.2 Å². The molecule has 3 rings (SSSR count). The molecule has 1 aromatic carbocycles. The first-order valence-corrected chi connectivity index (χ1v) is 11.2. The zero-order valence-corrected chi connectivity index (χ0v) is 18.1. The Hall–Kier alpha value is -2.43. The third kappa shape index (κ3) is 5.34. The van der Waals surface area contributed by atoms with Crippen molar-refractivity contribution in [2.24, 2.45) is 5.14 Å². The minimum absolute atomic E-state index is 0.0128. The second-order valence-electron chi connectivity index (χ2n) is 6.31. The fraction of sp³-hybridized carbons (Fsp3) is 0.263. The molecule has 154 valence electrons. The van der Waals surface area contributed by atoms with Crippen LogP contribution in [0, 0.1) is 0 Å². The van der Waals surface area contributed by atoms with Crippen LogP contribution in [0.1, 0.15) is 31.4 Å². The molecule has 0 aliphatic rings. The number of primary sulfonamides is 1. The van der Waals surface area contributed by atoms with Gasteiger partial charge in [0.2, 0.25) is 10.0 Å². The predicted octanol–water partition coefficient (Wildman–Crippen LogP) is 3.60. The zero-order valence-electron chi connectivity index (χ0n) is 15.7. The maximum atomic E-state index is 12.0. The number of furan rings is 1. The summed E-state index contributed by atoms with van der Waals surface area (Å²) in [5.74, 6) is 0.499. The van der Waals surface area contributed by atoms with E-state index in [0.29, 0.717) is 28.3 Å². The summed E-state index contributed by atoms with van der Waals surface area (Å²) in [6.45, 7) is 2.69. The molecule has 0 atom stereocenters. The quantitative estimate of drug-likeness (QED) is 0.387. The van der Waals surface area contributed by atoms with Crippen molar-refractivity contribution in [1.82, 2.24) is 9.55 Å². The Morgan fingerprint density at radius 3 is 2.79 bits per heavy atom. The Labute approximate surface area is 176 Å². The molecule has 10 heteroatoms. The number of ether oxygens (including phenoxy) is 1. The summed E-state index contributed by atoms with van der Waals surface area (Å²) in [6, 6.07) is 7.96. The smallest absolute Gasteiger partial charge is 0.331 e. The van der Waals surface area contributed by atoms with E-state index in [1.165, 1.54) is 24.3 Å². The van der Waals surface area contributed by atoms with Crippen molar-refractivity contribution in [3.63, 3.8) is 0 Å². The van der Waals surface area contributed by atoms with Crippen molar-refractivity contribution in [2.75, 3.05) is 0 Å². The van der Waals surface area contributed by atoms with Crippen LogP contribution in [0.25, 0.3) is 17.1 Å². The fourth-order valence-electron chi connectivity index (χ4n) is 2.76. The second kappa shape index (κ2) is 8.93. The van der Waals surface area contributed by atoms with Crippen LogP contribution in [0.2, 0.25) is 0 Å². The van der Waals surface area contributed by atoms with Gasteiger partial charge in [0, 0.05) is 12.6 Å². The highest BCUT2D eigenvalue weighted by Crippen LogP contribution is 2.21. The molecule has 0 aliphatic carbocycles. The summed E-state index contributed by atoms with van der Waals surface area (Å²) >= 11 is 3.19. The molecule has 3 aromatic rings. The number of sulfonamides is 1. The Morgan fingerprint density at radius 2 is 2.14 bits per heavy atom. The van der Waals surface area contributed by atoms with Gasteiger partial charge in [-0.1, -0.05) is 13.3 Å². The van der Waals surface area contributed by atoms with Crippen LogP contribution in [-0.2, 0) is 32.7 Å². The molecular weight excluding hydrogens is 462 g/mol. The number of nitrogens with zero attached hydrogens (tertiary/aromatic N) is 2. The van der Waals surface area contributed by atoms with Gasteiger partial charge in [0.1, 0.15) is 18.2 Å². The number of carbonyl (C=O) groups is 1. The highest BCUT2D eigenvalue weighted by Gasteiger charge is 2.15. The van der Waals surface area contributed by atoms with Crippen LogP contribution >= 0.6 is 15.9 Å². The number of hydrogen-bond donors (Lipinski definition) is 1. The molecule has 0 unspecified atom stereocenters.